The third-order valence-corrected chi connectivity index (χ3v) is 3.72. The Labute approximate surface area is 122 Å². The quantitative estimate of drug-likeness (QED) is 0.862. The predicted molar refractivity (Wildman–Crippen MR) is 75.1 cm³/mol. The molecule has 110 valence electrons. The number of halogens is 1. The molecule has 1 fully saturated rings. The number of hydrogen-bond donors (Lipinski definition) is 2. The molecular weight excluding hydrogens is 282 g/mol. The Morgan fingerprint density at radius 1 is 1.40 bits per heavy atom. The van der Waals surface area contributed by atoms with E-state index in [2.05, 4.69) is 0 Å². The zero-order valence-electron chi connectivity index (χ0n) is 11.0. The van der Waals surface area contributed by atoms with Crippen molar-refractivity contribution in [3.05, 3.63) is 29.3 Å². The Hall–Kier alpha value is -1.30. The van der Waals surface area contributed by atoms with Crippen molar-refractivity contribution in [1.82, 2.24) is 4.90 Å². The first-order valence-corrected chi connectivity index (χ1v) is 6.95. The summed E-state index contributed by atoms with van der Waals surface area (Å²) < 4.78 is 5.58. The molecule has 0 radical (unpaired) electrons. The number of benzene rings is 1. The number of aliphatic hydroxyl groups excluding tert-OH is 1. The minimum Gasteiger partial charge on any atom is -0.492 e. The number of likely N-dealkylation sites (tertiary alicyclic amines) is 1. The second-order valence-corrected chi connectivity index (χ2v) is 5.34. The number of carboxylic acid groups (broad SMARTS) is 1. The first kappa shape index (κ1) is 15.1. The fourth-order valence-electron chi connectivity index (χ4n) is 2.28. The van der Waals surface area contributed by atoms with Crippen LogP contribution in [0.2, 0.25) is 5.02 Å². The molecule has 2 N–H and O–H groups in total. The molecule has 1 aromatic rings. The lowest BCUT2D eigenvalue weighted by molar-refractivity contribution is -0.148. The zero-order valence-corrected chi connectivity index (χ0v) is 11.8. The molecule has 0 aliphatic carbocycles. The lowest BCUT2D eigenvalue weighted by atomic mass is 9.95. The van der Waals surface area contributed by atoms with Crippen LogP contribution in [0.25, 0.3) is 0 Å². The molecular formula is C14H18ClNO4. The first-order chi connectivity index (χ1) is 9.56. The van der Waals surface area contributed by atoms with Crippen LogP contribution in [-0.2, 0) is 4.79 Å². The van der Waals surface area contributed by atoms with E-state index < -0.39 is 18.0 Å². The fraction of sp³-hybridized carbons (Fsp3) is 0.500. The molecule has 2 atom stereocenters. The molecule has 0 amide bonds. The highest BCUT2D eigenvalue weighted by atomic mass is 35.5. The highest BCUT2D eigenvalue weighted by molar-refractivity contribution is 6.30. The van der Waals surface area contributed by atoms with Gasteiger partial charge in [-0.1, -0.05) is 11.6 Å². The van der Waals surface area contributed by atoms with Gasteiger partial charge in [0.1, 0.15) is 12.4 Å². The van der Waals surface area contributed by atoms with Gasteiger partial charge in [0.05, 0.1) is 12.0 Å². The largest absolute Gasteiger partial charge is 0.492 e. The standard InChI is InChI=1S/C14H18ClNO4/c15-10-1-3-11(4-2-10)20-8-7-16-6-5-13(17)12(9-16)14(18)19/h1-4,12-13,17H,5-9H2,(H,18,19)/t12-,13-/m0/s1. The SMILES string of the molecule is O=C(O)[C@H]1CN(CCOc2ccc(Cl)cc2)CC[C@@H]1O. The molecule has 6 heteroatoms. The minimum atomic E-state index is -0.944. The van der Waals surface area contributed by atoms with E-state index in [9.17, 15) is 9.90 Å². The number of piperidine rings is 1. The first-order valence-electron chi connectivity index (χ1n) is 6.58. The molecule has 2 rings (SSSR count). The molecule has 1 heterocycles. The maximum atomic E-state index is 11.0. The van der Waals surface area contributed by atoms with Gasteiger partial charge in [0.25, 0.3) is 0 Å². The van der Waals surface area contributed by atoms with Crippen molar-refractivity contribution in [2.75, 3.05) is 26.2 Å². The van der Waals surface area contributed by atoms with Gasteiger partial charge in [-0.3, -0.25) is 9.69 Å². The maximum Gasteiger partial charge on any atom is 0.310 e. The van der Waals surface area contributed by atoms with Crippen molar-refractivity contribution in [2.45, 2.75) is 12.5 Å². The number of carbonyl (C=O) groups is 1. The normalized spacial score (nSPS) is 23.5. The maximum absolute atomic E-state index is 11.0. The van der Waals surface area contributed by atoms with E-state index in [1.165, 1.54) is 0 Å². The molecule has 5 nitrogen and oxygen atoms in total. The summed E-state index contributed by atoms with van der Waals surface area (Å²) in [6, 6.07) is 7.11. The second-order valence-electron chi connectivity index (χ2n) is 4.90. The average Bonchev–Trinajstić information content (AvgIpc) is 2.42. The van der Waals surface area contributed by atoms with Crippen LogP contribution in [0.1, 0.15) is 6.42 Å². The summed E-state index contributed by atoms with van der Waals surface area (Å²) in [6.07, 6.45) is -0.265. The third kappa shape index (κ3) is 4.10. The van der Waals surface area contributed by atoms with Gasteiger partial charge < -0.3 is 14.9 Å². The molecule has 0 saturated carbocycles. The number of hydrogen-bond acceptors (Lipinski definition) is 4. The molecule has 1 saturated heterocycles. The minimum absolute atomic E-state index is 0.362. The Kier molecular flexibility index (Phi) is 5.23. The van der Waals surface area contributed by atoms with Crippen molar-refractivity contribution in [3.8, 4) is 5.75 Å². The summed E-state index contributed by atoms with van der Waals surface area (Å²) in [5.41, 5.74) is 0. The van der Waals surface area contributed by atoms with Crippen LogP contribution in [0.4, 0.5) is 0 Å². The van der Waals surface area contributed by atoms with E-state index >= 15 is 0 Å². The molecule has 20 heavy (non-hydrogen) atoms. The molecule has 0 unspecified atom stereocenters. The van der Waals surface area contributed by atoms with Gasteiger partial charge in [0, 0.05) is 24.7 Å². The molecule has 1 aromatic carbocycles. The Bertz CT molecular complexity index is 451. The van der Waals surface area contributed by atoms with E-state index in [1.54, 1.807) is 24.3 Å². The van der Waals surface area contributed by atoms with Gasteiger partial charge >= 0.3 is 5.97 Å². The van der Waals surface area contributed by atoms with Crippen LogP contribution >= 0.6 is 11.6 Å². The highest BCUT2D eigenvalue weighted by Crippen LogP contribution is 2.18. The molecule has 0 aromatic heterocycles. The smallest absolute Gasteiger partial charge is 0.310 e. The highest BCUT2D eigenvalue weighted by Gasteiger charge is 2.32. The van der Waals surface area contributed by atoms with Gasteiger partial charge in [0.2, 0.25) is 0 Å². The van der Waals surface area contributed by atoms with E-state index in [0.717, 1.165) is 5.75 Å². The molecule has 0 spiro atoms. The average molecular weight is 300 g/mol. The zero-order chi connectivity index (χ0) is 14.5. The number of carboxylic acids is 1. The summed E-state index contributed by atoms with van der Waals surface area (Å²) >= 11 is 5.78. The van der Waals surface area contributed by atoms with Crippen LogP contribution in [0.15, 0.2) is 24.3 Å². The van der Waals surface area contributed by atoms with Gasteiger partial charge in [-0.2, -0.15) is 0 Å². The summed E-state index contributed by atoms with van der Waals surface area (Å²) in [5, 5.41) is 19.3. The number of aliphatic hydroxyl groups is 1. The molecule has 0 bridgehead atoms. The van der Waals surface area contributed by atoms with E-state index in [4.69, 9.17) is 21.4 Å². The molecule has 1 aliphatic rings. The summed E-state index contributed by atoms with van der Waals surface area (Å²) in [7, 11) is 0. The van der Waals surface area contributed by atoms with Crippen LogP contribution in [0.5, 0.6) is 5.75 Å². The Balaban J connectivity index is 1.76. The summed E-state index contributed by atoms with van der Waals surface area (Å²) in [5.74, 6) is -0.915. The van der Waals surface area contributed by atoms with Crippen molar-refractivity contribution in [2.24, 2.45) is 5.92 Å². The Morgan fingerprint density at radius 3 is 2.75 bits per heavy atom. The predicted octanol–water partition coefficient (Wildman–Crippen LogP) is 1.49. The van der Waals surface area contributed by atoms with E-state index in [1.807, 2.05) is 4.90 Å². The lowest BCUT2D eigenvalue weighted by Gasteiger charge is -2.33. The Morgan fingerprint density at radius 2 is 2.10 bits per heavy atom. The number of aliphatic carboxylic acids is 1. The van der Waals surface area contributed by atoms with Gasteiger partial charge in [0.15, 0.2) is 0 Å². The van der Waals surface area contributed by atoms with Crippen LogP contribution in [-0.4, -0.2) is 53.4 Å². The van der Waals surface area contributed by atoms with Gasteiger partial charge in [-0.05, 0) is 30.7 Å². The van der Waals surface area contributed by atoms with Crippen molar-refractivity contribution in [1.29, 1.82) is 0 Å². The van der Waals surface area contributed by atoms with Gasteiger partial charge in [-0.15, -0.1) is 0 Å². The fourth-order valence-corrected chi connectivity index (χ4v) is 2.40. The second kappa shape index (κ2) is 6.92. The summed E-state index contributed by atoms with van der Waals surface area (Å²) in [4.78, 5) is 13.0. The topological polar surface area (TPSA) is 70.0 Å². The number of rotatable bonds is 5. The van der Waals surface area contributed by atoms with Crippen molar-refractivity contribution in [3.63, 3.8) is 0 Å². The third-order valence-electron chi connectivity index (χ3n) is 3.47. The van der Waals surface area contributed by atoms with Crippen LogP contribution in [0.3, 0.4) is 0 Å². The van der Waals surface area contributed by atoms with Crippen LogP contribution in [0, 0.1) is 5.92 Å². The van der Waals surface area contributed by atoms with Crippen LogP contribution < -0.4 is 4.74 Å². The van der Waals surface area contributed by atoms with E-state index in [-0.39, 0.29) is 0 Å². The number of nitrogens with zero attached hydrogens (tertiary/aromatic N) is 1. The lowest BCUT2D eigenvalue weighted by Crippen LogP contribution is -2.47. The van der Waals surface area contributed by atoms with Crippen molar-refractivity contribution >= 4 is 17.6 Å². The summed E-state index contributed by atoms with van der Waals surface area (Å²) in [6.45, 7) is 2.17. The monoisotopic (exact) mass is 299 g/mol. The number of ether oxygens (including phenoxy) is 1. The molecule has 1 aliphatic heterocycles. The van der Waals surface area contributed by atoms with E-state index in [0.29, 0.717) is 37.7 Å². The van der Waals surface area contributed by atoms with Crippen molar-refractivity contribution < 1.29 is 19.7 Å². The van der Waals surface area contributed by atoms with Gasteiger partial charge in [-0.25, -0.2) is 0 Å².